The molecule has 152 valence electrons. The summed E-state index contributed by atoms with van der Waals surface area (Å²) >= 11 is 3.52. The van der Waals surface area contributed by atoms with E-state index in [-0.39, 0.29) is 12.4 Å². The van der Waals surface area contributed by atoms with Gasteiger partial charge in [-0.1, -0.05) is 34.1 Å². The lowest BCUT2D eigenvalue weighted by Crippen LogP contribution is -2.14. The number of aryl methyl sites for hydroxylation is 2. The van der Waals surface area contributed by atoms with Crippen LogP contribution < -0.4 is 10.4 Å². The largest absolute Gasteiger partial charge is 0.488 e. The Hall–Kier alpha value is -2.60. The second kappa shape index (κ2) is 9.27. The Morgan fingerprint density at radius 3 is 2.59 bits per heavy atom. The van der Waals surface area contributed by atoms with Crippen molar-refractivity contribution in [3.05, 3.63) is 73.5 Å². The number of rotatable bonds is 7. The second-order valence-corrected chi connectivity index (χ2v) is 7.60. The van der Waals surface area contributed by atoms with Crippen LogP contribution >= 0.6 is 15.9 Å². The highest BCUT2D eigenvalue weighted by molar-refractivity contribution is 9.10. The highest BCUT2D eigenvalue weighted by atomic mass is 79.9. The monoisotopic (exact) mass is 458 g/mol. The highest BCUT2D eigenvalue weighted by Gasteiger charge is 2.16. The highest BCUT2D eigenvalue weighted by Crippen LogP contribution is 2.30. The van der Waals surface area contributed by atoms with Gasteiger partial charge < -0.3 is 13.9 Å². The molecule has 0 amide bonds. The van der Waals surface area contributed by atoms with E-state index in [9.17, 15) is 9.59 Å². The van der Waals surface area contributed by atoms with Crippen LogP contribution in [0.5, 0.6) is 5.75 Å². The quantitative estimate of drug-likeness (QED) is 0.357. The van der Waals surface area contributed by atoms with Gasteiger partial charge in [-0.3, -0.25) is 4.79 Å². The van der Waals surface area contributed by atoms with Gasteiger partial charge in [-0.25, -0.2) is 4.79 Å². The van der Waals surface area contributed by atoms with Gasteiger partial charge >= 0.3 is 11.6 Å². The summed E-state index contributed by atoms with van der Waals surface area (Å²) in [6.07, 6.45) is 0.444. The predicted octanol–water partition coefficient (Wildman–Crippen LogP) is 5.25. The lowest BCUT2D eigenvalue weighted by molar-refractivity contribution is -0.143. The first-order valence-electron chi connectivity index (χ1n) is 9.50. The number of hydrogen-bond donors (Lipinski definition) is 0. The number of ether oxygens (including phenoxy) is 2. The van der Waals surface area contributed by atoms with Crippen LogP contribution in [0.25, 0.3) is 11.0 Å². The Morgan fingerprint density at radius 2 is 1.86 bits per heavy atom. The first kappa shape index (κ1) is 21.1. The standard InChI is InChI=1S/C23H23BrO5/c1-4-27-21(25)12-10-18-14(2)17-9-11-20(15(3)22(17)29-23(18)26)28-13-16-7-5-6-8-19(16)24/h5-9,11H,4,10,12-13H2,1-3H3. The van der Waals surface area contributed by atoms with E-state index in [1.54, 1.807) is 6.92 Å². The molecule has 0 saturated heterocycles. The topological polar surface area (TPSA) is 65.7 Å². The fourth-order valence-corrected chi connectivity index (χ4v) is 3.65. The molecule has 0 fully saturated rings. The van der Waals surface area contributed by atoms with E-state index in [1.165, 1.54) is 0 Å². The molecule has 0 aliphatic heterocycles. The SMILES string of the molecule is CCOC(=O)CCc1c(C)c2ccc(OCc3ccccc3Br)c(C)c2oc1=O. The average Bonchev–Trinajstić information content (AvgIpc) is 2.69. The third-order valence-corrected chi connectivity index (χ3v) is 5.65. The van der Waals surface area contributed by atoms with Crippen LogP contribution in [0.1, 0.15) is 35.6 Å². The van der Waals surface area contributed by atoms with Crippen molar-refractivity contribution in [2.24, 2.45) is 0 Å². The van der Waals surface area contributed by atoms with Gasteiger partial charge in [-0.2, -0.15) is 0 Å². The van der Waals surface area contributed by atoms with Crippen molar-refractivity contribution < 1.29 is 18.7 Å². The molecule has 0 unspecified atom stereocenters. The van der Waals surface area contributed by atoms with Crippen molar-refractivity contribution >= 4 is 32.9 Å². The molecule has 0 radical (unpaired) electrons. The van der Waals surface area contributed by atoms with Crippen LogP contribution in [0.4, 0.5) is 0 Å². The van der Waals surface area contributed by atoms with Gasteiger partial charge in [0.1, 0.15) is 17.9 Å². The third-order valence-electron chi connectivity index (χ3n) is 4.88. The third kappa shape index (κ3) is 4.70. The number of fused-ring (bicyclic) bond motifs is 1. The van der Waals surface area contributed by atoms with Crippen LogP contribution in [-0.2, 0) is 22.6 Å². The zero-order valence-corrected chi connectivity index (χ0v) is 18.3. The summed E-state index contributed by atoms with van der Waals surface area (Å²) in [5.74, 6) is 0.341. The number of halogens is 1. The second-order valence-electron chi connectivity index (χ2n) is 6.74. The Kier molecular flexibility index (Phi) is 6.75. The smallest absolute Gasteiger partial charge is 0.339 e. The predicted molar refractivity (Wildman–Crippen MR) is 115 cm³/mol. The molecule has 0 saturated carbocycles. The van der Waals surface area contributed by atoms with Gasteiger partial charge in [-0.05, 0) is 51.0 Å². The number of hydrogen-bond acceptors (Lipinski definition) is 5. The molecule has 0 N–H and O–H groups in total. The van der Waals surface area contributed by atoms with Crippen LogP contribution in [0, 0.1) is 13.8 Å². The van der Waals surface area contributed by atoms with Gasteiger partial charge in [-0.15, -0.1) is 0 Å². The van der Waals surface area contributed by atoms with Crippen LogP contribution in [0.3, 0.4) is 0 Å². The van der Waals surface area contributed by atoms with Crippen molar-refractivity contribution in [1.82, 2.24) is 0 Å². The van der Waals surface area contributed by atoms with Gasteiger partial charge in [0.05, 0.1) is 6.61 Å². The molecular formula is C23H23BrO5. The van der Waals surface area contributed by atoms with Crippen molar-refractivity contribution in [2.45, 2.75) is 40.2 Å². The molecule has 0 aliphatic carbocycles. The van der Waals surface area contributed by atoms with Gasteiger partial charge in [0, 0.05) is 33.0 Å². The van der Waals surface area contributed by atoms with Crippen molar-refractivity contribution in [3.63, 3.8) is 0 Å². The van der Waals surface area contributed by atoms with E-state index in [1.807, 2.05) is 50.2 Å². The summed E-state index contributed by atoms with van der Waals surface area (Å²) in [4.78, 5) is 24.2. The van der Waals surface area contributed by atoms with Gasteiger partial charge in [0.2, 0.25) is 0 Å². The normalized spacial score (nSPS) is 10.9. The molecule has 1 heterocycles. The lowest BCUT2D eigenvalue weighted by atomic mass is 10.0. The first-order valence-corrected chi connectivity index (χ1v) is 10.3. The molecule has 3 aromatic rings. The minimum Gasteiger partial charge on any atom is -0.488 e. The average molecular weight is 459 g/mol. The fraction of sp³-hybridized carbons (Fsp3) is 0.304. The summed E-state index contributed by atoms with van der Waals surface area (Å²) in [5, 5.41) is 0.842. The van der Waals surface area contributed by atoms with Crippen molar-refractivity contribution in [3.8, 4) is 5.75 Å². The lowest BCUT2D eigenvalue weighted by Gasteiger charge is -2.14. The maximum atomic E-state index is 12.5. The van der Waals surface area contributed by atoms with Crippen molar-refractivity contribution in [1.29, 1.82) is 0 Å². The van der Waals surface area contributed by atoms with Crippen molar-refractivity contribution in [2.75, 3.05) is 6.61 Å². The minimum absolute atomic E-state index is 0.150. The summed E-state index contributed by atoms with van der Waals surface area (Å²) in [6, 6.07) is 11.6. The molecule has 29 heavy (non-hydrogen) atoms. The van der Waals surface area contributed by atoms with Gasteiger partial charge in [0.15, 0.2) is 0 Å². The Labute approximate surface area is 177 Å². The molecule has 0 aliphatic rings. The summed E-state index contributed by atoms with van der Waals surface area (Å²) in [7, 11) is 0. The molecule has 6 heteroatoms. The summed E-state index contributed by atoms with van der Waals surface area (Å²) in [5.41, 5.74) is 3.21. The first-order chi connectivity index (χ1) is 13.9. The fourth-order valence-electron chi connectivity index (χ4n) is 3.25. The molecule has 5 nitrogen and oxygen atoms in total. The number of carbonyl (C=O) groups is 1. The molecule has 0 atom stereocenters. The molecular weight excluding hydrogens is 436 g/mol. The zero-order valence-electron chi connectivity index (χ0n) is 16.7. The maximum Gasteiger partial charge on any atom is 0.339 e. The summed E-state index contributed by atoms with van der Waals surface area (Å²) in [6.45, 7) is 6.23. The van der Waals surface area contributed by atoms with Crippen LogP contribution in [0.15, 0.2) is 50.1 Å². The molecule has 1 aromatic heterocycles. The zero-order chi connectivity index (χ0) is 21.0. The molecule has 2 aromatic carbocycles. The van der Waals surface area contributed by atoms with E-state index >= 15 is 0 Å². The van der Waals surface area contributed by atoms with E-state index in [4.69, 9.17) is 13.9 Å². The summed E-state index contributed by atoms with van der Waals surface area (Å²) < 4.78 is 17.5. The maximum absolute atomic E-state index is 12.5. The van der Waals surface area contributed by atoms with Gasteiger partial charge in [0.25, 0.3) is 0 Å². The van der Waals surface area contributed by atoms with Crippen LogP contribution in [0.2, 0.25) is 0 Å². The van der Waals surface area contributed by atoms with Crippen LogP contribution in [-0.4, -0.2) is 12.6 Å². The van der Waals surface area contributed by atoms with E-state index in [0.717, 1.165) is 26.5 Å². The number of carbonyl (C=O) groups excluding carboxylic acids is 1. The minimum atomic E-state index is -0.426. The number of esters is 1. The Morgan fingerprint density at radius 1 is 1.10 bits per heavy atom. The van der Waals surface area contributed by atoms with E-state index in [0.29, 0.717) is 36.5 Å². The number of benzene rings is 2. The Balaban J connectivity index is 1.88. The molecule has 0 bridgehead atoms. The van der Waals surface area contributed by atoms with E-state index in [2.05, 4.69) is 15.9 Å². The molecule has 0 spiro atoms. The molecule has 3 rings (SSSR count). The van der Waals surface area contributed by atoms with E-state index < -0.39 is 5.63 Å². The Bertz CT molecular complexity index is 1100.